The summed E-state index contributed by atoms with van der Waals surface area (Å²) >= 11 is 0. The lowest BCUT2D eigenvalue weighted by Gasteiger charge is -2.03. The normalized spacial score (nSPS) is 10.2. The lowest BCUT2D eigenvalue weighted by molar-refractivity contribution is 0.112. The Bertz CT molecular complexity index is 930. The highest BCUT2D eigenvalue weighted by Crippen LogP contribution is 2.20. The van der Waals surface area contributed by atoms with Crippen molar-refractivity contribution in [1.82, 2.24) is 4.57 Å². The molecule has 0 saturated heterocycles. The molecule has 0 aliphatic heterocycles. The zero-order valence-corrected chi connectivity index (χ0v) is 13.3. The summed E-state index contributed by atoms with van der Waals surface area (Å²) in [5.41, 5.74) is 3.47. The third-order valence-corrected chi connectivity index (χ3v) is 3.82. The van der Waals surface area contributed by atoms with Gasteiger partial charge in [0.15, 0.2) is 0 Å². The predicted octanol–water partition coefficient (Wildman–Crippen LogP) is 4.08. The van der Waals surface area contributed by atoms with Crippen LogP contribution in [0.2, 0.25) is 0 Å². The number of aromatic nitrogens is 1. The van der Waals surface area contributed by atoms with E-state index in [1.54, 1.807) is 12.1 Å². The van der Waals surface area contributed by atoms with Crippen molar-refractivity contribution in [3.05, 3.63) is 65.6 Å². The van der Waals surface area contributed by atoms with Gasteiger partial charge in [0.2, 0.25) is 0 Å². The van der Waals surface area contributed by atoms with Gasteiger partial charge in [0.05, 0.1) is 12.2 Å². The van der Waals surface area contributed by atoms with Gasteiger partial charge in [-0.2, -0.15) is 0 Å². The maximum Gasteiger partial charge on any atom is 0.150 e. The highest BCUT2D eigenvalue weighted by atomic mass is 19.1. The molecule has 3 rings (SSSR count). The number of aryl methyl sites for hydroxylation is 1. The molecule has 0 fully saturated rings. The lowest BCUT2D eigenvalue weighted by Crippen LogP contribution is -2.00. The molecule has 0 amide bonds. The minimum absolute atomic E-state index is 0.256. The number of nitrogens with zero attached hydrogens (tertiary/aromatic N) is 1. The average molecular weight is 320 g/mol. The van der Waals surface area contributed by atoms with Gasteiger partial charge >= 0.3 is 0 Å². The number of nitrogens with one attached hydrogen (secondary N) is 1. The Labute approximate surface area is 140 Å². The van der Waals surface area contributed by atoms with Gasteiger partial charge in [-0.1, -0.05) is 5.92 Å². The van der Waals surface area contributed by atoms with Gasteiger partial charge in [0.25, 0.3) is 0 Å². The molecule has 0 bridgehead atoms. The standard InChI is InChI=1S/C20H17FN2O/c1-2-23-19(13-16-12-15(14-24)5-10-20(16)23)4-3-11-22-18-8-6-17(21)7-9-18/h5-10,12-14,22H,2,11H2,1H3. The lowest BCUT2D eigenvalue weighted by atomic mass is 10.2. The Hall–Kier alpha value is -3.06. The number of aldehydes is 1. The van der Waals surface area contributed by atoms with Crippen LogP contribution in [-0.2, 0) is 6.54 Å². The summed E-state index contributed by atoms with van der Waals surface area (Å²) in [7, 11) is 0. The number of anilines is 1. The molecule has 0 atom stereocenters. The second-order valence-corrected chi connectivity index (χ2v) is 5.37. The Balaban J connectivity index is 1.79. The third kappa shape index (κ3) is 3.31. The average Bonchev–Trinajstić information content (AvgIpc) is 2.96. The van der Waals surface area contributed by atoms with Crippen LogP contribution in [-0.4, -0.2) is 17.4 Å². The first-order chi connectivity index (χ1) is 11.7. The molecule has 0 aliphatic rings. The van der Waals surface area contributed by atoms with Gasteiger partial charge in [0.1, 0.15) is 12.1 Å². The van der Waals surface area contributed by atoms with Crippen molar-refractivity contribution in [2.24, 2.45) is 0 Å². The van der Waals surface area contributed by atoms with Crippen molar-refractivity contribution in [2.75, 3.05) is 11.9 Å². The number of halogens is 1. The van der Waals surface area contributed by atoms with E-state index in [0.29, 0.717) is 12.1 Å². The van der Waals surface area contributed by atoms with Crippen LogP contribution in [0.25, 0.3) is 10.9 Å². The van der Waals surface area contributed by atoms with Crippen molar-refractivity contribution in [1.29, 1.82) is 0 Å². The number of hydrogen-bond donors (Lipinski definition) is 1. The topological polar surface area (TPSA) is 34.0 Å². The molecule has 0 spiro atoms. The van der Waals surface area contributed by atoms with Crippen LogP contribution in [0, 0.1) is 17.7 Å². The monoisotopic (exact) mass is 320 g/mol. The third-order valence-electron chi connectivity index (χ3n) is 3.82. The number of hydrogen-bond acceptors (Lipinski definition) is 2. The maximum absolute atomic E-state index is 12.9. The molecule has 4 heteroatoms. The molecule has 3 aromatic rings. The molecule has 1 heterocycles. The molecular weight excluding hydrogens is 303 g/mol. The molecule has 3 nitrogen and oxygen atoms in total. The highest BCUT2D eigenvalue weighted by Gasteiger charge is 2.06. The number of carbonyl (C=O) groups is 1. The number of fused-ring (bicyclic) bond motifs is 1. The first kappa shape index (κ1) is 15.8. The van der Waals surface area contributed by atoms with Crippen molar-refractivity contribution in [2.45, 2.75) is 13.5 Å². The van der Waals surface area contributed by atoms with E-state index in [0.717, 1.165) is 35.1 Å². The first-order valence-electron chi connectivity index (χ1n) is 7.78. The van der Waals surface area contributed by atoms with E-state index in [9.17, 15) is 9.18 Å². The molecule has 1 N–H and O–H groups in total. The van der Waals surface area contributed by atoms with E-state index in [2.05, 4.69) is 28.6 Å². The van der Waals surface area contributed by atoms with E-state index in [1.807, 2.05) is 24.3 Å². The predicted molar refractivity (Wildman–Crippen MR) is 94.8 cm³/mol. The van der Waals surface area contributed by atoms with Crippen LogP contribution in [0.4, 0.5) is 10.1 Å². The smallest absolute Gasteiger partial charge is 0.150 e. The molecule has 0 aliphatic carbocycles. The Morgan fingerprint density at radius 1 is 1.17 bits per heavy atom. The van der Waals surface area contributed by atoms with Crippen LogP contribution >= 0.6 is 0 Å². The van der Waals surface area contributed by atoms with Gasteiger partial charge in [-0.05, 0) is 61.4 Å². The Morgan fingerprint density at radius 3 is 2.67 bits per heavy atom. The summed E-state index contributed by atoms with van der Waals surface area (Å²) in [6.45, 7) is 3.34. The zero-order chi connectivity index (χ0) is 16.9. The summed E-state index contributed by atoms with van der Waals surface area (Å²) in [6.07, 6.45) is 0.848. The quantitative estimate of drug-likeness (QED) is 0.580. The number of benzene rings is 2. The van der Waals surface area contributed by atoms with Crippen molar-refractivity contribution >= 4 is 22.9 Å². The number of carbonyl (C=O) groups excluding carboxylic acids is 1. The maximum atomic E-state index is 12.9. The van der Waals surface area contributed by atoms with Crippen molar-refractivity contribution in [3.8, 4) is 11.8 Å². The van der Waals surface area contributed by atoms with E-state index in [-0.39, 0.29) is 5.82 Å². The summed E-state index contributed by atoms with van der Waals surface area (Å²) in [5.74, 6) is 5.99. The first-order valence-corrected chi connectivity index (χ1v) is 7.78. The van der Waals surface area contributed by atoms with E-state index >= 15 is 0 Å². The fourth-order valence-corrected chi connectivity index (χ4v) is 2.66. The van der Waals surface area contributed by atoms with Crippen LogP contribution in [0.15, 0.2) is 48.5 Å². The van der Waals surface area contributed by atoms with Gasteiger partial charge in [-0.15, -0.1) is 0 Å². The van der Waals surface area contributed by atoms with Gasteiger partial charge in [-0.25, -0.2) is 4.39 Å². The summed E-state index contributed by atoms with van der Waals surface area (Å²) in [5, 5.41) is 4.15. The Kier molecular flexibility index (Phi) is 4.62. The fourth-order valence-electron chi connectivity index (χ4n) is 2.66. The molecule has 0 saturated carbocycles. The number of rotatable bonds is 4. The molecule has 1 aromatic heterocycles. The highest BCUT2D eigenvalue weighted by molar-refractivity contribution is 5.88. The van der Waals surface area contributed by atoms with E-state index < -0.39 is 0 Å². The molecule has 0 unspecified atom stereocenters. The van der Waals surface area contributed by atoms with Crippen LogP contribution < -0.4 is 5.32 Å². The van der Waals surface area contributed by atoms with Gasteiger partial charge in [-0.3, -0.25) is 4.79 Å². The molecule has 0 radical (unpaired) electrons. The molecule has 120 valence electrons. The van der Waals surface area contributed by atoms with E-state index in [4.69, 9.17) is 0 Å². The van der Waals surface area contributed by atoms with Gasteiger partial charge in [0, 0.05) is 28.7 Å². The summed E-state index contributed by atoms with van der Waals surface area (Å²) in [4.78, 5) is 10.9. The zero-order valence-electron chi connectivity index (χ0n) is 13.3. The summed E-state index contributed by atoms with van der Waals surface area (Å²) in [6, 6.07) is 13.8. The molecular formula is C20H17FN2O. The second kappa shape index (κ2) is 7.01. The van der Waals surface area contributed by atoms with Crippen molar-refractivity contribution in [3.63, 3.8) is 0 Å². The second-order valence-electron chi connectivity index (χ2n) is 5.37. The van der Waals surface area contributed by atoms with Crippen LogP contribution in [0.1, 0.15) is 23.0 Å². The van der Waals surface area contributed by atoms with Gasteiger partial charge < -0.3 is 9.88 Å². The largest absolute Gasteiger partial charge is 0.374 e. The van der Waals surface area contributed by atoms with Crippen LogP contribution in [0.5, 0.6) is 0 Å². The fraction of sp³-hybridized carbons (Fsp3) is 0.150. The minimum atomic E-state index is -0.256. The molecule has 24 heavy (non-hydrogen) atoms. The summed E-state index contributed by atoms with van der Waals surface area (Å²) < 4.78 is 15.0. The van der Waals surface area contributed by atoms with E-state index in [1.165, 1.54) is 12.1 Å². The van der Waals surface area contributed by atoms with Crippen LogP contribution in [0.3, 0.4) is 0 Å². The molecule has 2 aromatic carbocycles. The Morgan fingerprint density at radius 2 is 1.96 bits per heavy atom. The van der Waals surface area contributed by atoms with Crippen molar-refractivity contribution < 1.29 is 9.18 Å². The minimum Gasteiger partial charge on any atom is -0.374 e. The SMILES string of the molecule is CCn1c(C#CCNc2ccc(F)cc2)cc2cc(C=O)ccc21.